The number of hydrogen-bond donors (Lipinski definition) is 0. The van der Waals surface area contributed by atoms with Gasteiger partial charge in [0.2, 0.25) is 0 Å². The molecule has 2 saturated carbocycles. The van der Waals surface area contributed by atoms with Crippen LogP contribution in [0.5, 0.6) is 5.75 Å². The van der Waals surface area contributed by atoms with Gasteiger partial charge in [-0.15, -0.1) is 13.2 Å². The Bertz CT molecular complexity index is 1490. The lowest BCUT2D eigenvalue weighted by Gasteiger charge is -2.36. The van der Waals surface area contributed by atoms with Crippen LogP contribution in [0.15, 0.2) is 47.0 Å². The van der Waals surface area contributed by atoms with Crippen LogP contribution in [-0.4, -0.2) is 42.8 Å². The molecule has 2 aliphatic heterocycles. The van der Waals surface area contributed by atoms with Gasteiger partial charge >= 0.3 is 12.3 Å². The number of fused-ring (bicyclic) bond motifs is 4. The number of hydrogen-bond acceptors (Lipinski definition) is 7. The topological polar surface area (TPSA) is 74.0 Å². The number of benzene rings is 2. The van der Waals surface area contributed by atoms with E-state index in [1.165, 1.54) is 31.4 Å². The average molecular weight is 573 g/mol. The van der Waals surface area contributed by atoms with Crippen LogP contribution < -0.4 is 9.64 Å². The monoisotopic (exact) mass is 572 g/mol. The Morgan fingerprint density at radius 1 is 1.12 bits per heavy atom. The maximum absolute atomic E-state index is 15.2. The van der Waals surface area contributed by atoms with Gasteiger partial charge in [0.1, 0.15) is 23.0 Å². The van der Waals surface area contributed by atoms with E-state index < -0.39 is 18.1 Å². The Labute approximate surface area is 233 Å². The number of esters is 1. The van der Waals surface area contributed by atoms with Gasteiger partial charge in [0.05, 0.1) is 31.1 Å². The van der Waals surface area contributed by atoms with Crippen molar-refractivity contribution in [1.29, 1.82) is 0 Å². The van der Waals surface area contributed by atoms with E-state index in [-0.39, 0.29) is 53.5 Å². The molecule has 2 aliphatic carbocycles. The van der Waals surface area contributed by atoms with Crippen molar-refractivity contribution in [1.82, 2.24) is 5.16 Å². The van der Waals surface area contributed by atoms with Gasteiger partial charge in [0.25, 0.3) is 0 Å². The molecule has 41 heavy (non-hydrogen) atoms. The minimum atomic E-state index is -4.84. The van der Waals surface area contributed by atoms with Gasteiger partial charge in [0.15, 0.2) is 0 Å². The smallest absolute Gasteiger partial charge is 0.465 e. The number of halogens is 4. The van der Waals surface area contributed by atoms with Gasteiger partial charge in [0, 0.05) is 35.0 Å². The van der Waals surface area contributed by atoms with Crippen molar-refractivity contribution in [2.24, 2.45) is 11.8 Å². The minimum absolute atomic E-state index is 0.0540. The maximum atomic E-state index is 15.2. The second kappa shape index (κ2) is 9.75. The molecule has 2 saturated heterocycles. The van der Waals surface area contributed by atoms with Crippen LogP contribution in [0, 0.1) is 17.7 Å². The third-order valence-corrected chi connectivity index (χ3v) is 8.89. The molecule has 3 aromatic rings. The predicted octanol–water partition coefficient (Wildman–Crippen LogP) is 6.62. The number of piperidine rings is 1. The summed E-state index contributed by atoms with van der Waals surface area (Å²) >= 11 is 0. The summed E-state index contributed by atoms with van der Waals surface area (Å²) in [5.41, 5.74) is 1.80. The average Bonchev–Trinajstić information content (AvgIpc) is 3.84. The number of rotatable bonds is 8. The Morgan fingerprint density at radius 2 is 1.93 bits per heavy atom. The molecule has 7 nitrogen and oxygen atoms in total. The number of methoxy groups -OCH3 is 1. The Morgan fingerprint density at radius 3 is 2.66 bits per heavy atom. The van der Waals surface area contributed by atoms with Crippen LogP contribution >= 0.6 is 0 Å². The number of alkyl halides is 3. The number of nitrogens with zero attached hydrogens (tertiary/aromatic N) is 2. The molecule has 5 atom stereocenters. The standard InChI is InChI=1S/C30H28F4N2O5/c1-38-29(37)16-8-10-22(21(31)12-16)36-17-9-11-23(36)25-19(13-17)28(25)39-14-20-26(35-41-27(20)15-6-7-15)18-4-2-3-5-24(18)40-30(32,33)34/h2-5,8,10,12,15,17,19,23,25,28H,6-7,9,11,13-14H2,1H3. The first-order valence-corrected chi connectivity index (χ1v) is 13.8. The van der Waals surface area contributed by atoms with Crippen molar-refractivity contribution in [3.8, 4) is 17.0 Å². The Balaban J connectivity index is 1.11. The van der Waals surface area contributed by atoms with Gasteiger partial charge < -0.3 is 23.6 Å². The molecule has 0 amide bonds. The lowest BCUT2D eigenvalue weighted by atomic mass is 10.0. The van der Waals surface area contributed by atoms with E-state index in [4.69, 9.17) is 14.0 Å². The number of anilines is 1. The second-order valence-electron chi connectivity index (χ2n) is 11.3. The van der Waals surface area contributed by atoms with E-state index in [0.717, 1.165) is 32.1 Å². The largest absolute Gasteiger partial charge is 0.573 e. The van der Waals surface area contributed by atoms with E-state index in [1.807, 2.05) is 0 Å². The molecule has 2 aromatic carbocycles. The van der Waals surface area contributed by atoms with E-state index >= 15 is 4.39 Å². The molecule has 11 heteroatoms. The van der Waals surface area contributed by atoms with Crippen molar-refractivity contribution < 1.29 is 41.1 Å². The van der Waals surface area contributed by atoms with Gasteiger partial charge in [-0.1, -0.05) is 17.3 Å². The van der Waals surface area contributed by atoms with Crippen molar-refractivity contribution >= 4 is 11.7 Å². The highest BCUT2D eigenvalue weighted by Crippen LogP contribution is 2.59. The summed E-state index contributed by atoms with van der Waals surface area (Å²) in [5, 5.41) is 4.17. The molecule has 0 radical (unpaired) electrons. The number of ether oxygens (including phenoxy) is 3. The van der Waals surface area contributed by atoms with Crippen LogP contribution in [0.2, 0.25) is 0 Å². The first-order valence-electron chi connectivity index (χ1n) is 13.8. The normalized spacial score (nSPS) is 26.6. The number of aromatic nitrogens is 1. The molecule has 4 fully saturated rings. The molecule has 0 N–H and O–H groups in total. The predicted molar refractivity (Wildman–Crippen MR) is 138 cm³/mol. The fourth-order valence-corrected chi connectivity index (χ4v) is 6.96. The molecule has 3 heterocycles. The van der Waals surface area contributed by atoms with Crippen LogP contribution in [0.1, 0.15) is 59.7 Å². The summed E-state index contributed by atoms with van der Waals surface area (Å²) in [6.45, 7) is 0.155. The maximum Gasteiger partial charge on any atom is 0.573 e. The number of carbonyl (C=O) groups is 1. The molecular weight excluding hydrogens is 544 g/mol. The summed E-state index contributed by atoms with van der Waals surface area (Å²) in [5.74, 6) is -0.0130. The third-order valence-electron chi connectivity index (χ3n) is 8.89. The van der Waals surface area contributed by atoms with E-state index in [2.05, 4.69) is 14.8 Å². The molecular formula is C30H28F4N2O5. The van der Waals surface area contributed by atoms with E-state index in [9.17, 15) is 18.0 Å². The molecule has 1 aromatic heterocycles. The molecule has 4 aliphatic rings. The zero-order valence-corrected chi connectivity index (χ0v) is 22.2. The molecule has 216 valence electrons. The van der Waals surface area contributed by atoms with Crippen LogP contribution in [0.25, 0.3) is 11.3 Å². The number of para-hydroxylation sites is 1. The first-order chi connectivity index (χ1) is 19.7. The fourth-order valence-electron chi connectivity index (χ4n) is 6.96. The number of carbonyl (C=O) groups excluding carboxylic acids is 1. The third kappa shape index (κ3) is 4.73. The highest BCUT2D eigenvalue weighted by molar-refractivity contribution is 5.89. The minimum Gasteiger partial charge on any atom is -0.465 e. The molecule has 7 rings (SSSR count). The molecule has 5 unspecified atom stereocenters. The SMILES string of the molecule is COC(=O)c1ccc(N2C3CCC2C2C(C3)C2OCc2c(-c3ccccc3OC(F)(F)F)noc2C2CC2)c(F)c1. The zero-order chi connectivity index (χ0) is 28.5. The van der Waals surface area contributed by atoms with Gasteiger partial charge in [-0.05, 0) is 68.4 Å². The Hall–Kier alpha value is -3.60. The van der Waals surface area contributed by atoms with Crippen molar-refractivity contribution in [2.75, 3.05) is 12.0 Å². The highest BCUT2D eigenvalue weighted by atomic mass is 19.4. The summed E-state index contributed by atoms with van der Waals surface area (Å²) in [6, 6.07) is 10.6. The lowest BCUT2D eigenvalue weighted by Crippen LogP contribution is -2.42. The zero-order valence-electron chi connectivity index (χ0n) is 22.2. The van der Waals surface area contributed by atoms with Gasteiger partial charge in [-0.3, -0.25) is 0 Å². The van der Waals surface area contributed by atoms with Crippen LogP contribution in [0.3, 0.4) is 0 Å². The van der Waals surface area contributed by atoms with Gasteiger partial charge in [-0.2, -0.15) is 0 Å². The van der Waals surface area contributed by atoms with Gasteiger partial charge in [-0.25, -0.2) is 9.18 Å². The molecule has 0 spiro atoms. The fraction of sp³-hybridized carbons (Fsp3) is 0.467. The lowest BCUT2D eigenvalue weighted by molar-refractivity contribution is -0.274. The summed E-state index contributed by atoms with van der Waals surface area (Å²) in [6.07, 6.45) is -0.312. The summed E-state index contributed by atoms with van der Waals surface area (Å²) < 4.78 is 75.6. The van der Waals surface area contributed by atoms with Crippen LogP contribution in [-0.2, 0) is 16.1 Å². The Kier molecular flexibility index (Phi) is 6.26. The summed E-state index contributed by atoms with van der Waals surface area (Å²) in [7, 11) is 1.26. The van der Waals surface area contributed by atoms with Crippen molar-refractivity contribution in [2.45, 2.75) is 69.2 Å². The summed E-state index contributed by atoms with van der Waals surface area (Å²) in [4.78, 5) is 14.0. The van der Waals surface area contributed by atoms with Crippen LogP contribution in [0.4, 0.5) is 23.2 Å². The van der Waals surface area contributed by atoms with E-state index in [1.54, 1.807) is 18.2 Å². The second-order valence-corrected chi connectivity index (χ2v) is 11.3. The molecule has 2 bridgehead atoms. The first kappa shape index (κ1) is 26.3. The van der Waals surface area contributed by atoms with Crippen molar-refractivity contribution in [3.63, 3.8) is 0 Å². The highest BCUT2D eigenvalue weighted by Gasteiger charge is 2.63. The van der Waals surface area contributed by atoms with Crippen molar-refractivity contribution in [3.05, 3.63) is 65.2 Å². The van der Waals surface area contributed by atoms with E-state index in [0.29, 0.717) is 28.6 Å². The quantitative estimate of drug-likeness (QED) is 0.222.